The standard InChI is InChI=1S/C11H17NO3/c1-15-11-5-3-2-4-9(11)6-12-7-10(14)8-13/h2-5,10,12-14H,6-8H2,1H3/t10-/m1/s1. The maximum Gasteiger partial charge on any atom is 0.123 e. The Balaban J connectivity index is 2.43. The Morgan fingerprint density at radius 2 is 2.13 bits per heavy atom. The third-order valence-corrected chi connectivity index (χ3v) is 2.10. The molecule has 4 nitrogen and oxygen atoms in total. The zero-order valence-corrected chi connectivity index (χ0v) is 8.81. The summed E-state index contributed by atoms with van der Waals surface area (Å²) in [5, 5.41) is 20.8. The predicted octanol–water partition coefficient (Wildman–Crippen LogP) is 0.138. The summed E-state index contributed by atoms with van der Waals surface area (Å²) in [5.41, 5.74) is 1.03. The summed E-state index contributed by atoms with van der Waals surface area (Å²) >= 11 is 0. The van der Waals surface area contributed by atoms with E-state index in [9.17, 15) is 0 Å². The van der Waals surface area contributed by atoms with Crippen LogP contribution in [0.25, 0.3) is 0 Å². The second-order valence-corrected chi connectivity index (χ2v) is 3.28. The maximum atomic E-state index is 9.12. The Kier molecular flexibility index (Phi) is 5.10. The topological polar surface area (TPSA) is 61.7 Å². The van der Waals surface area contributed by atoms with Crippen LogP contribution < -0.4 is 10.1 Å². The van der Waals surface area contributed by atoms with Crippen molar-refractivity contribution in [2.75, 3.05) is 20.3 Å². The molecule has 0 bridgehead atoms. The molecule has 0 heterocycles. The maximum absolute atomic E-state index is 9.12. The molecule has 1 aromatic rings. The van der Waals surface area contributed by atoms with Gasteiger partial charge in [0.25, 0.3) is 0 Å². The third kappa shape index (κ3) is 3.87. The van der Waals surface area contributed by atoms with Crippen LogP contribution >= 0.6 is 0 Å². The van der Waals surface area contributed by atoms with Crippen LogP contribution in [0.5, 0.6) is 5.75 Å². The van der Waals surface area contributed by atoms with Crippen molar-refractivity contribution in [1.82, 2.24) is 5.32 Å². The van der Waals surface area contributed by atoms with Crippen LogP contribution in [0.2, 0.25) is 0 Å². The molecule has 0 spiro atoms. The van der Waals surface area contributed by atoms with E-state index in [4.69, 9.17) is 14.9 Å². The molecular weight excluding hydrogens is 194 g/mol. The average Bonchev–Trinajstić information content (AvgIpc) is 2.29. The van der Waals surface area contributed by atoms with Crippen molar-refractivity contribution < 1.29 is 14.9 Å². The summed E-state index contributed by atoms with van der Waals surface area (Å²) in [6.45, 7) is 0.758. The molecule has 0 unspecified atom stereocenters. The Hall–Kier alpha value is -1.10. The lowest BCUT2D eigenvalue weighted by molar-refractivity contribution is 0.0942. The van der Waals surface area contributed by atoms with Crippen LogP contribution in [-0.4, -0.2) is 36.6 Å². The molecule has 0 radical (unpaired) electrons. The minimum absolute atomic E-state index is 0.223. The molecule has 84 valence electrons. The van der Waals surface area contributed by atoms with Gasteiger partial charge in [0.15, 0.2) is 0 Å². The van der Waals surface area contributed by atoms with Gasteiger partial charge in [-0.3, -0.25) is 0 Å². The summed E-state index contributed by atoms with van der Waals surface area (Å²) in [6, 6.07) is 7.68. The summed E-state index contributed by atoms with van der Waals surface area (Å²) < 4.78 is 5.18. The molecule has 4 heteroatoms. The van der Waals surface area contributed by atoms with Gasteiger partial charge in [-0.05, 0) is 6.07 Å². The Morgan fingerprint density at radius 3 is 2.80 bits per heavy atom. The van der Waals surface area contributed by atoms with Crippen LogP contribution in [-0.2, 0) is 6.54 Å². The fourth-order valence-electron chi connectivity index (χ4n) is 1.29. The van der Waals surface area contributed by atoms with Crippen molar-refractivity contribution in [2.24, 2.45) is 0 Å². The number of aliphatic hydroxyl groups is 2. The fourth-order valence-corrected chi connectivity index (χ4v) is 1.29. The minimum atomic E-state index is -0.709. The molecule has 1 atom stereocenters. The van der Waals surface area contributed by atoms with E-state index in [0.717, 1.165) is 11.3 Å². The number of methoxy groups -OCH3 is 1. The number of hydrogen-bond donors (Lipinski definition) is 3. The molecule has 15 heavy (non-hydrogen) atoms. The molecule has 0 aliphatic carbocycles. The largest absolute Gasteiger partial charge is 0.496 e. The van der Waals surface area contributed by atoms with Crippen LogP contribution in [0, 0.1) is 0 Å². The number of rotatable bonds is 6. The van der Waals surface area contributed by atoms with E-state index in [1.54, 1.807) is 7.11 Å². The van der Waals surface area contributed by atoms with Crippen molar-refractivity contribution in [2.45, 2.75) is 12.6 Å². The first-order valence-corrected chi connectivity index (χ1v) is 4.89. The highest BCUT2D eigenvalue weighted by atomic mass is 16.5. The van der Waals surface area contributed by atoms with Gasteiger partial charge in [-0.2, -0.15) is 0 Å². The van der Waals surface area contributed by atoms with E-state index in [-0.39, 0.29) is 6.61 Å². The number of aliphatic hydroxyl groups excluding tert-OH is 2. The molecule has 0 amide bonds. The number of ether oxygens (including phenoxy) is 1. The van der Waals surface area contributed by atoms with E-state index in [1.807, 2.05) is 24.3 Å². The molecule has 1 rings (SSSR count). The zero-order valence-electron chi connectivity index (χ0n) is 8.81. The Bertz CT molecular complexity index is 291. The number of para-hydroxylation sites is 1. The van der Waals surface area contributed by atoms with Crippen molar-refractivity contribution in [1.29, 1.82) is 0 Å². The number of nitrogens with one attached hydrogen (secondary N) is 1. The van der Waals surface area contributed by atoms with Gasteiger partial charge >= 0.3 is 0 Å². The van der Waals surface area contributed by atoms with Gasteiger partial charge in [-0.1, -0.05) is 18.2 Å². The lowest BCUT2D eigenvalue weighted by atomic mass is 10.2. The first-order chi connectivity index (χ1) is 7.27. The van der Waals surface area contributed by atoms with Crippen molar-refractivity contribution >= 4 is 0 Å². The van der Waals surface area contributed by atoms with E-state index < -0.39 is 6.10 Å². The van der Waals surface area contributed by atoms with E-state index in [0.29, 0.717) is 13.1 Å². The van der Waals surface area contributed by atoms with E-state index >= 15 is 0 Å². The van der Waals surface area contributed by atoms with Gasteiger partial charge in [-0.25, -0.2) is 0 Å². The van der Waals surface area contributed by atoms with Gasteiger partial charge in [0.2, 0.25) is 0 Å². The third-order valence-electron chi connectivity index (χ3n) is 2.10. The van der Waals surface area contributed by atoms with Gasteiger partial charge in [0.1, 0.15) is 5.75 Å². The molecule has 0 saturated heterocycles. The van der Waals surface area contributed by atoms with Crippen LogP contribution in [0.15, 0.2) is 24.3 Å². The summed E-state index contributed by atoms with van der Waals surface area (Å²) in [5.74, 6) is 0.823. The second kappa shape index (κ2) is 6.40. The van der Waals surface area contributed by atoms with Gasteiger partial charge < -0.3 is 20.3 Å². The highest BCUT2D eigenvalue weighted by molar-refractivity contribution is 5.32. The lowest BCUT2D eigenvalue weighted by Crippen LogP contribution is -2.29. The summed E-state index contributed by atoms with van der Waals surface area (Å²) in [4.78, 5) is 0. The van der Waals surface area contributed by atoms with Gasteiger partial charge in [0, 0.05) is 18.7 Å². The Morgan fingerprint density at radius 1 is 1.40 bits per heavy atom. The van der Waals surface area contributed by atoms with Crippen molar-refractivity contribution in [3.05, 3.63) is 29.8 Å². The van der Waals surface area contributed by atoms with E-state index in [1.165, 1.54) is 0 Å². The minimum Gasteiger partial charge on any atom is -0.496 e. The Labute approximate surface area is 89.5 Å². The smallest absolute Gasteiger partial charge is 0.123 e. The fraction of sp³-hybridized carbons (Fsp3) is 0.455. The molecule has 0 aliphatic rings. The first kappa shape index (κ1) is 12.0. The number of hydrogen-bond acceptors (Lipinski definition) is 4. The van der Waals surface area contributed by atoms with E-state index in [2.05, 4.69) is 5.32 Å². The predicted molar refractivity (Wildman–Crippen MR) is 57.8 cm³/mol. The lowest BCUT2D eigenvalue weighted by Gasteiger charge is -2.11. The van der Waals surface area contributed by atoms with Gasteiger partial charge in [0.05, 0.1) is 19.8 Å². The number of benzene rings is 1. The van der Waals surface area contributed by atoms with Crippen LogP contribution in [0.1, 0.15) is 5.56 Å². The highest BCUT2D eigenvalue weighted by Gasteiger charge is 2.03. The van der Waals surface area contributed by atoms with Crippen LogP contribution in [0.4, 0.5) is 0 Å². The first-order valence-electron chi connectivity index (χ1n) is 4.89. The normalized spacial score (nSPS) is 12.5. The second-order valence-electron chi connectivity index (χ2n) is 3.28. The van der Waals surface area contributed by atoms with Crippen molar-refractivity contribution in [3.63, 3.8) is 0 Å². The molecule has 1 aromatic carbocycles. The molecule has 0 fully saturated rings. The molecule has 3 N–H and O–H groups in total. The highest BCUT2D eigenvalue weighted by Crippen LogP contribution is 2.16. The van der Waals surface area contributed by atoms with Crippen LogP contribution in [0.3, 0.4) is 0 Å². The summed E-state index contributed by atoms with van der Waals surface area (Å²) in [6.07, 6.45) is -0.709. The average molecular weight is 211 g/mol. The SMILES string of the molecule is COc1ccccc1CNC[C@@H](O)CO. The zero-order chi connectivity index (χ0) is 11.1. The molecule has 0 aromatic heterocycles. The van der Waals surface area contributed by atoms with Gasteiger partial charge in [-0.15, -0.1) is 0 Å². The van der Waals surface area contributed by atoms with Crippen molar-refractivity contribution in [3.8, 4) is 5.75 Å². The monoisotopic (exact) mass is 211 g/mol. The molecular formula is C11H17NO3. The quantitative estimate of drug-likeness (QED) is 0.626. The molecule has 0 saturated carbocycles. The summed E-state index contributed by atoms with van der Waals surface area (Å²) in [7, 11) is 1.63. The molecule has 0 aliphatic heterocycles.